The van der Waals surface area contributed by atoms with E-state index in [1.54, 1.807) is 42.5 Å². The number of rotatable bonds is 7. The molecule has 0 unspecified atom stereocenters. The molecule has 0 spiro atoms. The first-order valence-electron chi connectivity index (χ1n) is 8.75. The van der Waals surface area contributed by atoms with Crippen LogP contribution in [0.3, 0.4) is 0 Å². The van der Waals surface area contributed by atoms with Gasteiger partial charge in [0.1, 0.15) is 0 Å². The lowest BCUT2D eigenvalue weighted by Crippen LogP contribution is -2.15. The number of para-hydroxylation sites is 1. The van der Waals surface area contributed by atoms with E-state index >= 15 is 0 Å². The normalized spacial score (nSPS) is 10.9. The maximum Gasteiger partial charge on any atom is 0.261 e. The molecule has 2 N–H and O–H groups in total. The van der Waals surface area contributed by atoms with E-state index in [2.05, 4.69) is 10.0 Å². The van der Waals surface area contributed by atoms with E-state index in [9.17, 15) is 13.2 Å². The molecule has 0 radical (unpaired) electrons. The molecule has 9 heteroatoms. The van der Waals surface area contributed by atoms with Gasteiger partial charge in [-0.2, -0.15) is 0 Å². The predicted octanol–water partition coefficient (Wildman–Crippen LogP) is 4.41. The molecular weight excluding hydrogens is 428 g/mol. The van der Waals surface area contributed by atoms with Gasteiger partial charge in [0.05, 0.1) is 24.7 Å². The molecule has 0 aliphatic carbocycles. The summed E-state index contributed by atoms with van der Waals surface area (Å²) in [4.78, 5) is 12.7. The summed E-state index contributed by atoms with van der Waals surface area (Å²) in [5.41, 5.74) is 1.11. The zero-order valence-corrected chi connectivity index (χ0v) is 17.8. The average Bonchev–Trinajstić information content (AvgIpc) is 2.74. The van der Waals surface area contributed by atoms with Crippen molar-refractivity contribution in [1.29, 1.82) is 0 Å². The van der Waals surface area contributed by atoms with Crippen LogP contribution < -0.4 is 19.5 Å². The standard InChI is InChI=1S/C21H19ClN2O5S/c1-28-19-5-3-4-18(20(19)29-2)21(25)23-15-10-12-17(13-11-15)30(26,27)24-16-8-6-14(22)7-9-16/h3-13,24H,1-2H3,(H,23,25). The van der Waals surface area contributed by atoms with Crippen molar-refractivity contribution in [1.82, 2.24) is 0 Å². The lowest BCUT2D eigenvalue weighted by molar-refractivity contribution is 0.102. The van der Waals surface area contributed by atoms with Crippen LogP contribution in [0.4, 0.5) is 11.4 Å². The second-order valence-corrected chi connectivity index (χ2v) is 8.25. The number of ether oxygens (including phenoxy) is 2. The Bertz CT molecular complexity index is 1150. The minimum Gasteiger partial charge on any atom is -0.493 e. The Morgan fingerprint density at radius 3 is 2.10 bits per heavy atom. The third kappa shape index (κ3) is 4.84. The molecule has 3 rings (SSSR count). The summed E-state index contributed by atoms with van der Waals surface area (Å²) >= 11 is 5.81. The van der Waals surface area contributed by atoms with Crippen molar-refractivity contribution in [3.8, 4) is 11.5 Å². The number of sulfonamides is 1. The van der Waals surface area contributed by atoms with Gasteiger partial charge in [-0.1, -0.05) is 17.7 Å². The van der Waals surface area contributed by atoms with E-state index in [4.69, 9.17) is 21.1 Å². The fourth-order valence-electron chi connectivity index (χ4n) is 2.71. The molecule has 0 aliphatic heterocycles. The van der Waals surface area contributed by atoms with Gasteiger partial charge in [0.2, 0.25) is 0 Å². The van der Waals surface area contributed by atoms with Crippen LogP contribution in [0.25, 0.3) is 0 Å². The molecular formula is C21H19ClN2O5S. The Hall–Kier alpha value is -3.23. The highest BCUT2D eigenvalue weighted by atomic mass is 35.5. The maximum absolute atomic E-state index is 12.6. The summed E-state index contributed by atoms with van der Waals surface area (Å²) in [7, 11) is -0.856. The van der Waals surface area contributed by atoms with Crippen LogP contribution in [0.15, 0.2) is 71.6 Å². The third-order valence-electron chi connectivity index (χ3n) is 4.17. The first kappa shape index (κ1) is 21.5. The van der Waals surface area contributed by atoms with Gasteiger partial charge in [-0.05, 0) is 60.7 Å². The molecule has 0 saturated carbocycles. The number of halogens is 1. The number of nitrogens with one attached hydrogen (secondary N) is 2. The van der Waals surface area contributed by atoms with E-state index in [1.807, 2.05) is 0 Å². The smallest absolute Gasteiger partial charge is 0.261 e. The summed E-state index contributed by atoms with van der Waals surface area (Å²) in [5, 5.41) is 3.22. The van der Waals surface area contributed by atoms with Crippen LogP contribution in [-0.2, 0) is 10.0 Å². The van der Waals surface area contributed by atoms with Gasteiger partial charge >= 0.3 is 0 Å². The lowest BCUT2D eigenvalue weighted by atomic mass is 10.1. The average molecular weight is 447 g/mol. The summed E-state index contributed by atoms with van der Waals surface area (Å²) in [6.07, 6.45) is 0. The Labute approximate surface area is 179 Å². The summed E-state index contributed by atoms with van der Waals surface area (Å²) < 4.78 is 38.0. The van der Waals surface area contributed by atoms with Crippen molar-refractivity contribution in [2.75, 3.05) is 24.3 Å². The maximum atomic E-state index is 12.6. The predicted molar refractivity (Wildman–Crippen MR) is 116 cm³/mol. The van der Waals surface area contributed by atoms with E-state index < -0.39 is 15.9 Å². The van der Waals surface area contributed by atoms with Crippen molar-refractivity contribution in [2.45, 2.75) is 4.90 Å². The fourth-order valence-corrected chi connectivity index (χ4v) is 3.90. The molecule has 3 aromatic rings. The SMILES string of the molecule is COc1cccc(C(=O)Nc2ccc(S(=O)(=O)Nc3ccc(Cl)cc3)cc2)c1OC. The Balaban J connectivity index is 1.76. The Kier molecular flexibility index (Phi) is 6.49. The van der Waals surface area contributed by atoms with E-state index in [-0.39, 0.29) is 10.5 Å². The Morgan fingerprint density at radius 2 is 1.50 bits per heavy atom. The van der Waals surface area contributed by atoms with Crippen LogP contribution in [0.2, 0.25) is 5.02 Å². The molecule has 0 aromatic heterocycles. The molecule has 3 aromatic carbocycles. The second-order valence-electron chi connectivity index (χ2n) is 6.13. The summed E-state index contributed by atoms with van der Waals surface area (Å²) in [5.74, 6) is 0.323. The number of carbonyl (C=O) groups is 1. The lowest BCUT2D eigenvalue weighted by Gasteiger charge is -2.13. The highest BCUT2D eigenvalue weighted by molar-refractivity contribution is 7.92. The highest BCUT2D eigenvalue weighted by Crippen LogP contribution is 2.31. The monoisotopic (exact) mass is 446 g/mol. The quantitative estimate of drug-likeness (QED) is 0.560. The van der Waals surface area contributed by atoms with E-state index in [0.29, 0.717) is 27.9 Å². The van der Waals surface area contributed by atoms with Crippen LogP contribution in [-0.4, -0.2) is 28.5 Å². The van der Waals surface area contributed by atoms with Crippen molar-refractivity contribution in [2.24, 2.45) is 0 Å². The van der Waals surface area contributed by atoms with Crippen LogP contribution in [0.1, 0.15) is 10.4 Å². The molecule has 0 aliphatic rings. The first-order valence-corrected chi connectivity index (χ1v) is 10.6. The fraction of sp³-hybridized carbons (Fsp3) is 0.0952. The van der Waals surface area contributed by atoms with Crippen molar-refractivity contribution >= 4 is 38.9 Å². The molecule has 156 valence electrons. The summed E-state index contributed by atoms with van der Waals surface area (Å²) in [6.45, 7) is 0. The van der Waals surface area contributed by atoms with Crippen LogP contribution in [0, 0.1) is 0 Å². The molecule has 0 fully saturated rings. The van der Waals surface area contributed by atoms with Crippen molar-refractivity contribution in [3.05, 3.63) is 77.3 Å². The number of carbonyl (C=O) groups excluding carboxylic acids is 1. The van der Waals surface area contributed by atoms with Gasteiger partial charge in [-0.3, -0.25) is 9.52 Å². The van der Waals surface area contributed by atoms with E-state index in [0.717, 1.165) is 0 Å². The second kappa shape index (κ2) is 9.06. The van der Waals surface area contributed by atoms with Crippen LogP contribution >= 0.6 is 11.6 Å². The number of amides is 1. The van der Waals surface area contributed by atoms with Gasteiger partial charge in [0.25, 0.3) is 15.9 Å². The van der Waals surface area contributed by atoms with Gasteiger partial charge in [0.15, 0.2) is 11.5 Å². The highest BCUT2D eigenvalue weighted by Gasteiger charge is 2.18. The first-order chi connectivity index (χ1) is 14.3. The summed E-state index contributed by atoms with van der Waals surface area (Å²) in [6, 6.07) is 17.1. The topological polar surface area (TPSA) is 93.7 Å². The number of anilines is 2. The molecule has 0 saturated heterocycles. The van der Waals surface area contributed by atoms with Gasteiger partial charge in [-0.25, -0.2) is 8.42 Å². The van der Waals surface area contributed by atoms with E-state index in [1.165, 1.54) is 38.5 Å². The minimum absolute atomic E-state index is 0.0504. The molecule has 0 atom stereocenters. The molecule has 1 amide bonds. The number of hydrogen-bond acceptors (Lipinski definition) is 5. The largest absolute Gasteiger partial charge is 0.493 e. The number of methoxy groups -OCH3 is 2. The molecule has 0 bridgehead atoms. The number of benzene rings is 3. The molecule has 0 heterocycles. The van der Waals surface area contributed by atoms with Crippen molar-refractivity contribution in [3.63, 3.8) is 0 Å². The van der Waals surface area contributed by atoms with Gasteiger partial charge in [0, 0.05) is 16.4 Å². The molecule has 30 heavy (non-hydrogen) atoms. The van der Waals surface area contributed by atoms with Gasteiger partial charge < -0.3 is 14.8 Å². The Morgan fingerprint density at radius 1 is 0.867 bits per heavy atom. The van der Waals surface area contributed by atoms with Gasteiger partial charge in [-0.15, -0.1) is 0 Å². The minimum atomic E-state index is -3.79. The zero-order chi connectivity index (χ0) is 21.7. The van der Waals surface area contributed by atoms with Crippen molar-refractivity contribution < 1.29 is 22.7 Å². The third-order valence-corrected chi connectivity index (χ3v) is 5.82. The van der Waals surface area contributed by atoms with Crippen LogP contribution in [0.5, 0.6) is 11.5 Å². The zero-order valence-electron chi connectivity index (χ0n) is 16.2. The molecule has 7 nitrogen and oxygen atoms in total. The number of hydrogen-bond donors (Lipinski definition) is 2.